The summed E-state index contributed by atoms with van der Waals surface area (Å²) in [5, 5.41) is 8.50. The van der Waals surface area contributed by atoms with E-state index in [4.69, 9.17) is 11.0 Å². The van der Waals surface area contributed by atoms with Crippen LogP contribution in [0.5, 0.6) is 0 Å². The molecule has 0 aliphatic carbocycles. The predicted molar refractivity (Wildman–Crippen MR) is 41.8 cm³/mol. The molecule has 0 radical (unpaired) electrons. The van der Waals surface area contributed by atoms with Gasteiger partial charge in [-0.3, -0.25) is 0 Å². The number of nitrogens with zero attached hydrogens (tertiary/aromatic N) is 2. The fourth-order valence-electron chi connectivity index (χ4n) is 0.957. The largest absolute Gasteiger partial charge is 0.326 e. The zero-order chi connectivity index (χ0) is 10.7. The Morgan fingerprint density at radius 2 is 2.21 bits per heavy atom. The first-order chi connectivity index (χ1) is 6.60. The van der Waals surface area contributed by atoms with Gasteiger partial charge in [0.05, 0.1) is 0 Å². The van der Waals surface area contributed by atoms with Crippen LogP contribution in [0.2, 0.25) is 0 Å². The molecule has 0 unspecified atom stereocenters. The summed E-state index contributed by atoms with van der Waals surface area (Å²) >= 11 is 0. The quantitative estimate of drug-likeness (QED) is 0.788. The molecular weight excluding hydrogens is 195 g/mol. The third-order valence-electron chi connectivity index (χ3n) is 1.62. The van der Waals surface area contributed by atoms with Crippen LogP contribution in [0.1, 0.15) is 23.4 Å². The van der Waals surface area contributed by atoms with Crippen LogP contribution in [-0.4, -0.2) is 4.98 Å². The summed E-state index contributed by atoms with van der Waals surface area (Å²) in [5.74, 6) is -0.922. The molecular formula is C8H6F3N3. The molecule has 1 rings (SSSR count). The monoisotopic (exact) mass is 201 g/mol. The van der Waals surface area contributed by atoms with Crippen LogP contribution < -0.4 is 5.73 Å². The number of hydrogen-bond donors (Lipinski definition) is 1. The Balaban J connectivity index is 3.33. The standard InChI is InChI=1S/C8H6F3N3/c9-5-1-6(8(10)11)14-7(3-13)4(5)2-12/h1,8H,2,12H2. The zero-order valence-electron chi connectivity index (χ0n) is 6.97. The molecule has 0 amide bonds. The summed E-state index contributed by atoms with van der Waals surface area (Å²) in [7, 11) is 0. The highest BCUT2D eigenvalue weighted by Crippen LogP contribution is 2.20. The first kappa shape index (κ1) is 10.5. The Kier molecular flexibility index (Phi) is 3.04. The highest BCUT2D eigenvalue weighted by atomic mass is 19.3. The van der Waals surface area contributed by atoms with Crippen molar-refractivity contribution in [2.45, 2.75) is 13.0 Å². The van der Waals surface area contributed by atoms with E-state index in [9.17, 15) is 13.2 Å². The van der Waals surface area contributed by atoms with Crippen molar-refractivity contribution < 1.29 is 13.2 Å². The Morgan fingerprint density at radius 1 is 1.57 bits per heavy atom. The van der Waals surface area contributed by atoms with Crippen molar-refractivity contribution in [1.29, 1.82) is 5.26 Å². The number of nitrogens with two attached hydrogens (primary N) is 1. The molecule has 1 heterocycles. The van der Waals surface area contributed by atoms with Gasteiger partial charge < -0.3 is 5.73 Å². The third-order valence-corrected chi connectivity index (χ3v) is 1.62. The maximum absolute atomic E-state index is 13.1. The first-order valence-corrected chi connectivity index (χ1v) is 3.67. The SMILES string of the molecule is N#Cc1nc(C(F)F)cc(F)c1CN. The lowest BCUT2D eigenvalue weighted by Crippen LogP contribution is -2.07. The molecule has 0 aliphatic rings. The van der Waals surface area contributed by atoms with Gasteiger partial charge in [0.25, 0.3) is 6.43 Å². The van der Waals surface area contributed by atoms with E-state index in [2.05, 4.69) is 4.98 Å². The van der Waals surface area contributed by atoms with Crippen LogP contribution in [0.4, 0.5) is 13.2 Å². The maximum Gasteiger partial charge on any atom is 0.280 e. The van der Waals surface area contributed by atoms with Gasteiger partial charge in [-0.2, -0.15) is 5.26 Å². The highest BCUT2D eigenvalue weighted by Gasteiger charge is 2.16. The number of halogens is 3. The van der Waals surface area contributed by atoms with Gasteiger partial charge in [0.1, 0.15) is 23.3 Å². The summed E-state index contributed by atoms with van der Waals surface area (Å²) in [4.78, 5) is 3.29. The number of pyridine rings is 1. The lowest BCUT2D eigenvalue weighted by Gasteiger charge is -2.04. The molecule has 1 aromatic heterocycles. The van der Waals surface area contributed by atoms with Gasteiger partial charge in [-0.15, -0.1) is 0 Å². The van der Waals surface area contributed by atoms with Gasteiger partial charge in [-0.25, -0.2) is 18.2 Å². The summed E-state index contributed by atoms with van der Waals surface area (Å²) in [5.41, 5.74) is 3.85. The normalized spacial score (nSPS) is 10.3. The van der Waals surface area contributed by atoms with Crippen molar-refractivity contribution in [3.8, 4) is 6.07 Å². The molecule has 2 N–H and O–H groups in total. The Hall–Kier alpha value is -1.61. The topological polar surface area (TPSA) is 62.7 Å². The average Bonchev–Trinajstić information content (AvgIpc) is 2.16. The van der Waals surface area contributed by atoms with E-state index in [1.54, 1.807) is 0 Å². The molecule has 0 fully saturated rings. The zero-order valence-corrected chi connectivity index (χ0v) is 6.97. The molecule has 0 saturated heterocycles. The molecule has 0 spiro atoms. The van der Waals surface area contributed by atoms with Crippen LogP contribution in [0.3, 0.4) is 0 Å². The lowest BCUT2D eigenvalue weighted by atomic mass is 10.1. The van der Waals surface area contributed by atoms with Crippen molar-refractivity contribution in [3.05, 3.63) is 28.8 Å². The van der Waals surface area contributed by atoms with E-state index in [0.29, 0.717) is 6.07 Å². The van der Waals surface area contributed by atoms with Gasteiger partial charge in [-0.05, 0) is 0 Å². The van der Waals surface area contributed by atoms with Crippen LogP contribution in [-0.2, 0) is 6.54 Å². The molecule has 14 heavy (non-hydrogen) atoms. The van der Waals surface area contributed by atoms with Crippen molar-refractivity contribution in [2.75, 3.05) is 0 Å². The van der Waals surface area contributed by atoms with Gasteiger partial charge in [0.15, 0.2) is 0 Å². The van der Waals surface area contributed by atoms with Crippen molar-refractivity contribution in [2.24, 2.45) is 5.73 Å². The van der Waals surface area contributed by atoms with Gasteiger partial charge in [-0.1, -0.05) is 0 Å². The van der Waals surface area contributed by atoms with E-state index < -0.39 is 17.9 Å². The van der Waals surface area contributed by atoms with E-state index in [1.165, 1.54) is 6.07 Å². The fraction of sp³-hybridized carbons (Fsp3) is 0.250. The number of nitriles is 1. The second-order valence-corrected chi connectivity index (χ2v) is 2.47. The molecule has 0 bridgehead atoms. The maximum atomic E-state index is 13.1. The summed E-state index contributed by atoms with van der Waals surface area (Å²) in [6.45, 7) is -0.245. The minimum Gasteiger partial charge on any atom is -0.326 e. The minimum atomic E-state index is -2.90. The molecule has 1 aromatic rings. The molecule has 0 aromatic carbocycles. The van der Waals surface area contributed by atoms with Crippen molar-refractivity contribution in [3.63, 3.8) is 0 Å². The molecule has 74 valence electrons. The number of rotatable bonds is 2. The van der Waals surface area contributed by atoms with Gasteiger partial charge in [0.2, 0.25) is 0 Å². The highest BCUT2D eigenvalue weighted by molar-refractivity contribution is 5.34. The molecule has 6 heteroatoms. The van der Waals surface area contributed by atoms with E-state index in [1.807, 2.05) is 0 Å². The van der Waals surface area contributed by atoms with Crippen LogP contribution in [0.15, 0.2) is 6.07 Å². The third kappa shape index (κ3) is 1.83. The fourth-order valence-corrected chi connectivity index (χ4v) is 0.957. The second-order valence-electron chi connectivity index (χ2n) is 2.47. The number of alkyl halides is 2. The van der Waals surface area contributed by atoms with Gasteiger partial charge in [0, 0.05) is 18.2 Å². The second kappa shape index (κ2) is 4.07. The van der Waals surface area contributed by atoms with E-state index in [-0.39, 0.29) is 17.8 Å². The van der Waals surface area contributed by atoms with Crippen LogP contribution in [0.25, 0.3) is 0 Å². The Morgan fingerprint density at radius 3 is 2.64 bits per heavy atom. The molecule has 0 atom stereocenters. The van der Waals surface area contributed by atoms with E-state index in [0.717, 1.165) is 0 Å². The van der Waals surface area contributed by atoms with E-state index >= 15 is 0 Å². The summed E-state index contributed by atoms with van der Waals surface area (Å²) in [6.07, 6.45) is -2.90. The molecule has 0 saturated carbocycles. The first-order valence-electron chi connectivity index (χ1n) is 3.67. The minimum absolute atomic E-state index is 0.142. The summed E-state index contributed by atoms with van der Waals surface area (Å²) in [6, 6.07) is 2.11. The smallest absolute Gasteiger partial charge is 0.280 e. The van der Waals surface area contributed by atoms with Crippen molar-refractivity contribution >= 4 is 0 Å². The van der Waals surface area contributed by atoms with Crippen molar-refractivity contribution in [1.82, 2.24) is 4.98 Å². The van der Waals surface area contributed by atoms with Crippen LogP contribution in [0, 0.1) is 17.1 Å². The lowest BCUT2D eigenvalue weighted by molar-refractivity contribution is 0.145. The van der Waals surface area contributed by atoms with Crippen LogP contribution >= 0.6 is 0 Å². The Bertz CT molecular complexity index is 384. The number of hydrogen-bond acceptors (Lipinski definition) is 3. The molecule has 0 aliphatic heterocycles. The van der Waals surface area contributed by atoms with Gasteiger partial charge >= 0.3 is 0 Å². The molecule has 3 nitrogen and oxygen atoms in total. The number of aromatic nitrogens is 1. The summed E-state index contributed by atoms with van der Waals surface area (Å²) < 4.78 is 37.3. The predicted octanol–water partition coefficient (Wildman–Crippen LogP) is 1.49. The average molecular weight is 201 g/mol. The Labute approximate surface area is 78.0 Å².